The van der Waals surface area contributed by atoms with Crippen molar-refractivity contribution in [3.8, 4) is 0 Å². The molecule has 0 aromatic carbocycles. The second-order valence-corrected chi connectivity index (χ2v) is 6.06. The first-order valence-corrected chi connectivity index (χ1v) is 8.07. The van der Waals surface area contributed by atoms with Gasteiger partial charge >= 0.3 is 0 Å². The molecule has 0 aliphatic carbocycles. The maximum absolute atomic E-state index is 12.4. The zero-order valence-electron chi connectivity index (χ0n) is 12.1. The molecule has 1 aliphatic rings. The molecule has 1 aliphatic heterocycles. The normalized spacial score (nSPS) is 16.9. The average Bonchev–Trinajstić information content (AvgIpc) is 3.07. The molecule has 1 N–H and O–H groups in total. The number of nitrogens with one attached hydrogen (secondary N) is 1. The molecule has 7 heteroatoms. The van der Waals surface area contributed by atoms with E-state index >= 15 is 0 Å². The molecule has 0 spiro atoms. The van der Waals surface area contributed by atoms with Crippen LogP contribution in [0.3, 0.4) is 0 Å². The monoisotopic (exact) mass is 305 g/mol. The summed E-state index contributed by atoms with van der Waals surface area (Å²) in [6.07, 6.45) is 0.985. The van der Waals surface area contributed by atoms with E-state index in [0.29, 0.717) is 5.69 Å². The van der Waals surface area contributed by atoms with Gasteiger partial charge in [0.15, 0.2) is 0 Å². The molecule has 1 saturated heterocycles. The number of aryl methyl sites for hydroxylation is 1. The van der Waals surface area contributed by atoms with Crippen LogP contribution in [0.5, 0.6) is 0 Å². The van der Waals surface area contributed by atoms with Gasteiger partial charge in [0, 0.05) is 43.8 Å². The fraction of sp³-hybridized carbons (Fsp3) is 0.500. The number of aromatic nitrogens is 3. The topological polar surface area (TPSA) is 65.1 Å². The van der Waals surface area contributed by atoms with Crippen molar-refractivity contribution in [2.75, 3.05) is 26.2 Å². The van der Waals surface area contributed by atoms with Crippen molar-refractivity contribution in [3.05, 3.63) is 34.0 Å². The molecule has 1 amide bonds. The minimum absolute atomic E-state index is 0.0230. The number of carbonyl (C=O) groups excluding carboxylic acids is 1. The molecule has 2 aromatic rings. The summed E-state index contributed by atoms with van der Waals surface area (Å²) in [5, 5.41) is 8.97. The third-order valence-electron chi connectivity index (χ3n) is 3.67. The van der Waals surface area contributed by atoms with Crippen molar-refractivity contribution >= 4 is 17.2 Å². The van der Waals surface area contributed by atoms with E-state index in [4.69, 9.17) is 0 Å². The molecule has 0 atom stereocenters. The molecule has 21 heavy (non-hydrogen) atoms. The number of amides is 1. The summed E-state index contributed by atoms with van der Waals surface area (Å²) >= 11 is 1.62. The molecule has 0 saturated carbocycles. The number of carbonyl (C=O) groups is 1. The van der Waals surface area contributed by atoms with Gasteiger partial charge in [-0.15, -0.1) is 11.3 Å². The van der Waals surface area contributed by atoms with Crippen molar-refractivity contribution in [2.24, 2.45) is 0 Å². The van der Waals surface area contributed by atoms with Gasteiger partial charge in [-0.05, 0) is 19.4 Å². The Morgan fingerprint density at radius 3 is 3.00 bits per heavy atom. The number of aromatic amines is 1. The minimum Gasteiger partial charge on any atom is -0.336 e. The summed E-state index contributed by atoms with van der Waals surface area (Å²) in [6.45, 7) is 6.19. The molecule has 6 nitrogen and oxygen atoms in total. The van der Waals surface area contributed by atoms with E-state index in [9.17, 15) is 4.79 Å². The number of thiazole rings is 1. The van der Waals surface area contributed by atoms with Crippen molar-refractivity contribution in [2.45, 2.75) is 19.9 Å². The Bertz CT molecular complexity index is 594. The van der Waals surface area contributed by atoms with Crippen LogP contribution < -0.4 is 0 Å². The Balaban J connectivity index is 1.59. The largest absolute Gasteiger partial charge is 0.336 e. The van der Waals surface area contributed by atoms with Gasteiger partial charge in [0.2, 0.25) is 0 Å². The highest BCUT2D eigenvalue weighted by Gasteiger charge is 2.22. The SMILES string of the molecule is Cc1cc(C(=O)N2CCCN(Cc3cscn3)CC2)n[nH]1. The van der Waals surface area contributed by atoms with Crippen LogP contribution in [0.4, 0.5) is 0 Å². The Kier molecular flexibility index (Phi) is 4.31. The van der Waals surface area contributed by atoms with Gasteiger partial charge < -0.3 is 4.90 Å². The Hall–Kier alpha value is -1.73. The summed E-state index contributed by atoms with van der Waals surface area (Å²) in [4.78, 5) is 21.0. The fourth-order valence-electron chi connectivity index (χ4n) is 2.57. The molecular formula is C14H19N5OS. The van der Waals surface area contributed by atoms with E-state index in [1.54, 1.807) is 17.4 Å². The molecular weight excluding hydrogens is 286 g/mol. The fourth-order valence-corrected chi connectivity index (χ4v) is 3.12. The summed E-state index contributed by atoms with van der Waals surface area (Å²) in [5.74, 6) is 0.0230. The molecule has 3 heterocycles. The molecule has 3 rings (SSSR count). The highest BCUT2D eigenvalue weighted by Crippen LogP contribution is 2.11. The molecule has 1 fully saturated rings. The van der Waals surface area contributed by atoms with Crippen LogP contribution in [0, 0.1) is 6.92 Å². The lowest BCUT2D eigenvalue weighted by Crippen LogP contribution is -2.35. The standard InChI is InChI=1S/C14H19N5OS/c1-11-7-13(17-16-11)14(20)19-4-2-3-18(5-6-19)8-12-9-21-10-15-12/h7,9-10H,2-6,8H2,1H3,(H,16,17). The van der Waals surface area contributed by atoms with Gasteiger partial charge in [-0.1, -0.05) is 0 Å². The van der Waals surface area contributed by atoms with Crippen LogP contribution >= 0.6 is 11.3 Å². The van der Waals surface area contributed by atoms with Crippen molar-refractivity contribution in [1.82, 2.24) is 25.0 Å². The Labute approximate surface area is 127 Å². The predicted molar refractivity (Wildman–Crippen MR) is 81.2 cm³/mol. The summed E-state index contributed by atoms with van der Waals surface area (Å²) < 4.78 is 0. The van der Waals surface area contributed by atoms with E-state index in [1.807, 2.05) is 17.3 Å². The highest BCUT2D eigenvalue weighted by atomic mass is 32.1. The van der Waals surface area contributed by atoms with Crippen LogP contribution in [0.1, 0.15) is 28.3 Å². The van der Waals surface area contributed by atoms with Crippen LogP contribution in [0.25, 0.3) is 0 Å². The highest BCUT2D eigenvalue weighted by molar-refractivity contribution is 7.07. The quantitative estimate of drug-likeness (QED) is 0.934. The summed E-state index contributed by atoms with van der Waals surface area (Å²) in [5.41, 5.74) is 4.41. The van der Waals surface area contributed by atoms with Crippen molar-refractivity contribution in [1.29, 1.82) is 0 Å². The minimum atomic E-state index is 0.0230. The lowest BCUT2D eigenvalue weighted by Gasteiger charge is -2.20. The molecule has 2 aromatic heterocycles. The van der Waals surface area contributed by atoms with E-state index < -0.39 is 0 Å². The number of hydrogen-bond donors (Lipinski definition) is 1. The van der Waals surface area contributed by atoms with Gasteiger partial charge in [-0.25, -0.2) is 4.98 Å². The van der Waals surface area contributed by atoms with E-state index in [0.717, 1.165) is 50.5 Å². The maximum atomic E-state index is 12.4. The number of nitrogens with zero attached hydrogens (tertiary/aromatic N) is 4. The van der Waals surface area contributed by atoms with Crippen LogP contribution in [0.2, 0.25) is 0 Å². The molecule has 0 radical (unpaired) electrons. The van der Waals surface area contributed by atoms with E-state index in [2.05, 4.69) is 25.5 Å². The zero-order chi connectivity index (χ0) is 14.7. The Morgan fingerprint density at radius 2 is 2.29 bits per heavy atom. The average molecular weight is 305 g/mol. The first-order chi connectivity index (χ1) is 10.2. The van der Waals surface area contributed by atoms with Crippen LogP contribution in [0.15, 0.2) is 17.0 Å². The number of rotatable bonds is 3. The first-order valence-electron chi connectivity index (χ1n) is 7.13. The Morgan fingerprint density at radius 1 is 1.38 bits per heavy atom. The second-order valence-electron chi connectivity index (χ2n) is 5.34. The lowest BCUT2D eigenvalue weighted by atomic mass is 10.3. The molecule has 0 bridgehead atoms. The van der Waals surface area contributed by atoms with E-state index in [-0.39, 0.29) is 5.91 Å². The van der Waals surface area contributed by atoms with Gasteiger partial charge in [-0.2, -0.15) is 5.10 Å². The summed E-state index contributed by atoms with van der Waals surface area (Å²) in [7, 11) is 0. The van der Waals surface area contributed by atoms with Crippen molar-refractivity contribution < 1.29 is 4.79 Å². The maximum Gasteiger partial charge on any atom is 0.274 e. The smallest absolute Gasteiger partial charge is 0.274 e. The number of H-pyrrole nitrogens is 1. The lowest BCUT2D eigenvalue weighted by molar-refractivity contribution is 0.0755. The number of hydrogen-bond acceptors (Lipinski definition) is 5. The predicted octanol–water partition coefficient (Wildman–Crippen LogP) is 1.52. The van der Waals surface area contributed by atoms with Gasteiger partial charge in [0.05, 0.1) is 11.2 Å². The van der Waals surface area contributed by atoms with Gasteiger partial charge in [0.25, 0.3) is 5.91 Å². The second kappa shape index (κ2) is 6.36. The van der Waals surface area contributed by atoms with Gasteiger partial charge in [0.1, 0.15) is 5.69 Å². The third-order valence-corrected chi connectivity index (χ3v) is 4.31. The summed E-state index contributed by atoms with van der Waals surface area (Å²) in [6, 6.07) is 1.81. The van der Waals surface area contributed by atoms with Crippen molar-refractivity contribution in [3.63, 3.8) is 0 Å². The zero-order valence-corrected chi connectivity index (χ0v) is 12.9. The van der Waals surface area contributed by atoms with E-state index in [1.165, 1.54) is 0 Å². The molecule has 112 valence electrons. The van der Waals surface area contributed by atoms with Gasteiger partial charge in [-0.3, -0.25) is 14.8 Å². The first kappa shape index (κ1) is 14.2. The van der Waals surface area contributed by atoms with Crippen LogP contribution in [-0.2, 0) is 6.54 Å². The van der Waals surface area contributed by atoms with Crippen LogP contribution in [-0.4, -0.2) is 57.1 Å². The third kappa shape index (κ3) is 3.48. The molecule has 0 unspecified atom stereocenters.